The summed E-state index contributed by atoms with van der Waals surface area (Å²) in [5.41, 5.74) is 1.87. The molecule has 1 heterocycles. The van der Waals surface area contributed by atoms with Crippen molar-refractivity contribution in [3.63, 3.8) is 0 Å². The van der Waals surface area contributed by atoms with Crippen molar-refractivity contribution in [1.82, 2.24) is 0 Å². The summed E-state index contributed by atoms with van der Waals surface area (Å²) in [5.74, 6) is -0.461. The molecule has 9 heteroatoms. The zero-order valence-electron chi connectivity index (χ0n) is 17.0. The summed E-state index contributed by atoms with van der Waals surface area (Å²) >= 11 is 12.4. The number of hydrogen-bond donors (Lipinski definition) is 1. The average Bonchev–Trinajstić information content (AvgIpc) is 3.07. The Bertz CT molecular complexity index is 1250. The third-order valence-corrected chi connectivity index (χ3v) is 6.07. The van der Waals surface area contributed by atoms with Gasteiger partial charge in [-0.15, -0.1) is 0 Å². The number of rotatable bonds is 6. The number of amides is 2. The molecule has 4 rings (SSSR count). The molecule has 2 amide bonds. The van der Waals surface area contributed by atoms with E-state index in [4.69, 9.17) is 28.6 Å². The number of benzene rings is 3. The Hall–Kier alpha value is -3.20. The van der Waals surface area contributed by atoms with Crippen LogP contribution in [0.4, 0.5) is 15.8 Å². The van der Waals surface area contributed by atoms with Crippen molar-refractivity contribution in [1.29, 1.82) is 0 Å². The van der Waals surface area contributed by atoms with Gasteiger partial charge < -0.3 is 10.1 Å². The molecule has 3 aromatic carbocycles. The lowest BCUT2D eigenvalue weighted by Gasteiger charge is -2.14. The average molecular weight is 499 g/mol. The van der Waals surface area contributed by atoms with E-state index in [1.807, 2.05) is 0 Å². The lowest BCUT2D eigenvalue weighted by Crippen LogP contribution is -2.27. The first-order valence-electron chi connectivity index (χ1n) is 9.71. The van der Waals surface area contributed by atoms with Gasteiger partial charge in [0.1, 0.15) is 11.6 Å². The fourth-order valence-electron chi connectivity index (χ4n) is 3.00. The van der Waals surface area contributed by atoms with Crippen LogP contribution in [0.5, 0.6) is 5.75 Å². The first-order chi connectivity index (χ1) is 15.9. The summed E-state index contributed by atoms with van der Waals surface area (Å²) in [4.78, 5) is 26.7. The van der Waals surface area contributed by atoms with Gasteiger partial charge >= 0.3 is 0 Å². The molecule has 1 fully saturated rings. The zero-order valence-corrected chi connectivity index (χ0v) is 19.3. The molecule has 0 bridgehead atoms. The van der Waals surface area contributed by atoms with E-state index in [1.165, 1.54) is 40.9 Å². The highest BCUT2D eigenvalue weighted by Crippen LogP contribution is 2.36. The van der Waals surface area contributed by atoms with E-state index in [1.54, 1.807) is 54.6 Å². The second-order valence-corrected chi connectivity index (χ2v) is 9.02. The smallest absolute Gasteiger partial charge is 0.270 e. The molecule has 0 spiro atoms. The molecular formula is C24H16ClFN2O3S2. The van der Waals surface area contributed by atoms with Gasteiger partial charge in [0.25, 0.3) is 11.8 Å². The van der Waals surface area contributed by atoms with Crippen LogP contribution in [0.25, 0.3) is 6.08 Å². The molecule has 1 N–H and O–H groups in total. The maximum atomic E-state index is 13.2. The first-order valence-corrected chi connectivity index (χ1v) is 11.3. The number of nitrogens with zero attached hydrogens (tertiary/aromatic N) is 1. The van der Waals surface area contributed by atoms with E-state index < -0.39 is 0 Å². The highest BCUT2D eigenvalue weighted by molar-refractivity contribution is 8.27. The molecule has 33 heavy (non-hydrogen) atoms. The quantitative estimate of drug-likeness (QED) is 0.338. The molecule has 5 nitrogen and oxygen atoms in total. The molecule has 1 saturated heterocycles. The van der Waals surface area contributed by atoms with Gasteiger partial charge in [-0.25, -0.2) is 4.39 Å². The third-order valence-electron chi connectivity index (χ3n) is 4.53. The minimum Gasteiger partial charge on any atom is -0.484 e. The van der Waals surface area contributed by atoms with E-state index in [0.717, 1.165) is 5.56 Å². The minimum absolute atomic E-state index is 0.164. The number of nitrogens with one attached hydrogen (secondary N) is 1. The highest BCUT2D eigenvalue weighted by atomic mass is 35.5. The second kappa shape index (κ2) is 10.2. The van der Waals surface area contributed by atoms with Gasteiger partial charge in [-0.3, -0.25) is 14.5 Å². The number of thioether (sulfide) groups is 1. The van der Waals surface area contributed by atoms with E-state index in [0.29, 0.717) is 31.4 Å². The van der Waals surface area contributed by atoms with Gasteiger partial charge in [0.05, 0.1) is 10.6 Å². The van der Waals surface area contributed by atoms with Crippen molar-refractivity contribution in [3.05, 3.63) is 94.1 Å². The van der Waals surface area contributed by atoms with Crippen molar-refractivity contribution in [2.24, 2.45) is 0 Å². The lowest BCUT2D eigenvalue weighted by molar-refractivity contribution is -0.118. The summed E-state index contributed by atoms with van der Waals surface area (Å²) in [7, 11) is 0. The predicted molar refractivity (Wildman–Crippen MR) is 134 cm³/mol. The zero-order chi connectivity index (χ0) is 23.4. The summed E-state index contributed by atoms with van der Waals surface area (Å²) < 4.78 is 19.1. The van der Waals surface area contributed by atoms with Crippen molar-refractivity contribution < 1.29 is 18.7 Å². The molecule has 0 aliphatic carbocycles. The van der Waals surface area contributed by atoms with Crippen molar-refractivity contribution in [2.75, 3.05) is 16.8 Å². The molecule has 0 aromatic heterocycles. The van der Waals surface area contributed by atoms with Gasteiger partial charge in [-0.05, 0) is 66.2 Å². The molecule has 1 aliphatic rings. The Morgan fingerprint density at radius 1 is 1.12 bits per heavy atom. The standard InChI is InChI=1S/C24H16ClFN2O3S2/c25-16-2-1-3-18(13-16)27-22(29)14-31-20-10-4-15(5-11-20)12-21-23(30)28(24(32)33-21)19-8-6-17(26)7-9-19/h1-13H,14H2,(H,27,29)/b21-12-. The summed E-state index contributed by atoms with van der Waals surface area (Å²) in [6, 6.07) is 19.4. The fraction of sp³-hybridized carbons (Fsp3) is 0.0417. The van der Waals surface area contributed by atoms with E-state index >= 15 is 0 Å². The number of carbonyl (C=O) groups is 2. The van der Waals surface area contributed by atoms with Crippen LogP contribution >= 0.6 is 35.6 Å². The van der Waals surface area contributed by atoms with Gasteiger partial charge in [-0.1, -0.05) is 53.8 Å². The first kappa shape index (κ1) is 23.0. The largest absolute Gasteiger partial charge is 0.484 e. The van der Waals surface area contributed by atoms with Crippen LogP contribution in [-0.2, 0) is 9.59 Å². The van der Waals surface area contributed by atoms with Crippen LogP contribution in [-0.4, -0.2) is 22.7 Å². The normalized spacial score (nSPS) is 14.6. The number of carbonyl (C=O) groups excluding carboxylic acids is 2. The topological polar surface area (TPSA) is 58.6 Å². The van der Waals surface area contributed by atoms with E-state index in [-0.39, 0.29) is 24.2 Å². The Kier molecular flexibility index (Phi) is 7.08. The summed E-state index contributed by atoms with van der Waals surface area (Å²) in [6.07, 6.45) is 1.72. The number of halogens is 2. The Morgan fingerprint density at radius 3 is 2.55 bits per heavy atom. The van der Waals surface area contributed by atoms with Gasteiger partial charge in [0.2, 0.25) is 0 Å². The van der Waals surface area contributed by atoms with Gasteiger partial charge in [-0.2, -0.15) is 0 Å². The predicted octanol–water partition coefficient (Wildman–Crippen LogP) is 5.90. The van der Waals surface area contributed by atoms with Gasteiger partial charge in [0.15, 0.2) is 10.9 Å². The van der Waals surface area contributed by atoms with Crippen LogP contribution in [0, 0.1) is 5.82 Å². The molecular weight excluding hydrogens is 483 g/mol. The van der Waals surface area contributed by atoms with Crippen molar-refractivity contribution in [3.8, 4) is 5.75 Å². The number of anilines is 2. The van der Waals surface area contributed by atoms with Crippen molar-refractivity contribution in [2.45, 2.75) is 0 Å². The highest BCUT2D eigenvalue weighted by Gasteiger charge is 2.33. The Balaban J connectivity index is 1.37. The van der Waals surface area contributed by atoms with Crippen LogP contribution in [0.2, 0.25) is 5.02 Å². The SMILES string of the molecule is O=C(COc1ccc(/C=C2\SC(=S)N(c3ccc(F)cc3)C2=O)cc1)Nc1cccc(Cl)c1. The summed E-state index contributed by atoms with van der Waals surface area (Å²) in [6.45, 7) is -0.164. The monoisotopic (exact) mass is 498 g/mol. The minimum atomic E-state index is -0.385. The molecule has 0 atom stereocenters. The molecule has 3 aromatic rings. The van der Waals surface area contributed by atoms with Crippen LogP contribution < -0.4 is 15.0 Å². The number of ether oxygens (including phenoxy) is 1. The van der Waals surface area contributed by atoms with Crippen LogP contribution in [0.15, 0.2) is 77.7 Å². The molecule has 1 aliphatic heterocycles. The van der Waals surface area contributed by atoms with Crippen LogP contribution in [0.1, 0.15) is 5.56 Å². The molecule has 0 radical (unpaired) electrons. The second-order valence-electron chi connectivity index (χ2n) is 6.91. The summed E-state index contributed by atoms with van der Waals surface area (Å²) in [5, 5.41) is 3.23. The van der Waals surface area contributed by atoms with E-state index in [9.17, 15) is 14.0 Å². The third kappa shape index (κ3) is 5.78. The van der Waals surface area contributed by atoms with Crippen molar-refractivity contribution >= 4 is 69.2 Å². The maximum Gasteiger partial charge on any atom is 0.270 e. The fourth-order valence-corrected chi connectivity index (χ4v) is 4.49. The van der Waals surface area contributed by atoms with Gasteiger partial charge in [0, 0.05) is 10.7 Å². The molecule has 0 saturated carbocycles. The van der Waals surface area contributed by atoms with Crippen LogP contribution in [0.3, 0.4) is 0 Å². The van der Waals surface area contributed by atoms with E-state index in [2.05, 4.69) is 5.32 Å². The Morgan fingerprint density at radius 2 is 1.85 bits per heavy atom. The molecule has 0 unspecified atom stereocenters. The Labute approximate surface area is 204 Å². The number of hydrogen-bond acceptors (Lipinski definition) is 5. The maximum absolute atomic E-state index is 13.2. The molecule has 166 valence electrons. The number of thiocarbonyl (C=S) groups is 1. The lowest BCUT2D eigenvalue weighted by atomic mass is 10.2.